The van der Waals surface area contributed by atoms with Gasteiger partial charge in [0.05, 0.1) is 0 Å². The number of benzene rings is 3. The summed E-state index contributed by atoms with van der Waals surface area (Å²) in [6.45, 7) is 8.71. The van der Waals surface area contributed by atoms with Crippen LogP contribution in [0.5, 0.6) is 0 Å². The zero-order valence-corrected chi connectivity index (χ0v) is 23.4. The molecule has 3 rings (SSSR count). The molecule has 0 aliphatic carbocycles. The predicted molar refractivity (Wildman–Crippen MR) is 167 cm³/mol. The molecule has 0 bridgehead atoms. The number of aliphatic imine (C=N–C) groups is 1. The maximum Gasteiger partial charge on any atom is 0.125 e. The maximum atomic E-state index is 6.53. The van der Waals surface area contributed by atoms with Crippen molar-refractivity contribution in [1.82, 2.24) is 15.6 Å². The first-order chi connectivity index (χ1) is 19.1. The van der Waals surface area contributed by atoms with E-state index in [4.69, 9.17) is 5.84 Å². The highest BCUT2D eigenvalue weighted by molar-refractivity contribution is 5.73. The summed E-state index contributed by atoms with van der Waals surface area (Å²) < 4.78 is 0. The van der Waals surface area contributed by atoms with Crippen LogP contribution in [0.4, 0.5) is 0 Å². The van der Waals surface area contributed by atoms with Crippen LogP contribution < -0.4 is 16.5 Å². The number of aryl methyl sites for hydroxylation is 1. The van der Waals surface area contributed by atoms with Gasteiger partial charge in [-0.2, -0.15) is 0 Å². The predicted octanol–water partition coefficient (Wildman–Crippen LogP) is 6.69. The molecule has 0 aliphatic rings. The first kappa shape index (κ1) is 29.2. The minimum Gasteiger partial charge on any atom is -0.368 e. The molecule has 0 fully saturated rings. The van der Waals surface area contributed by atoms with Crippen molar-refractivity contribution in [2.45, 2.75) is 33.1 Å². The molecule has 0 radical (unpaired) electrons. The Balaban J connectivity index is 2.17. The molecule has 3 aromatic rings. The second-order valence-corrected chi connectivity index (χ2v) is 9.16. The number of nitrogens with one attached hydrogen (secondary N) is 2. The number of allylic oxidation sites excluding steroid dienone is 3. The molecule has 39 heavy (non-hydrogen) atoms. The number of hydrogen-bond donors (Lipinski definition) is 3. The lowest BCUT2D eigenvalue weighted by Gasteiger charge is -2.27. The average molecular weight is 520 g/mol. The van der Waals surface area contributed by atoms with Gasteiger partial charge in [0.25, 0.3) is 0 Å². The van der Waals surface area contributed by atoms with Gasteiger partial charge in [-0.3, -0.25) is 10.0 Å². The summed E-state index contributed by atoms with van der Waals surface area (Å²) in [6.07, 6.45) is 9.88. The molecular weight excluding hydrogens is 478 g/mol. The minimum atomic E-state index is 0.592. The van der Waals surface area contributed by atoms with Crippen LogP contribution in [0.1, 0.15) is 42.5 Å². The van der Waals surface area contributed by atoms with Gasteiger partial charge in [-0.05, 0) is 48.1 Å². The molecule has 0 aliphatic heterocycles. The Labute approximate surface area is 234 Å². The van der Waals surface area contributed by atoms with Gasteiger partial charge in [-0.1, -0.05) is 97.9 Å². The van der Waals surface area contributed by atoms with Gasteiger partial charge in [0.15, 0.2) is 0 Å². The van der Waals surface area contributed by atoms with E-state index in [1.807, 2.05) is 38.3 Å². The Morgan fingerprint density at radius 2 is 1.54 bits per heavy atom. The Morgan fingerprint density at radius 1 is 0.897 bits per heavy atom. The highest BCUT2D eigenvalue weighted by Crippen LogP contribution is 2.26. The second kappa shape index (κ2) is 15.8. The fraction of sp³-hybridized carbons (Fsp3) is 0.206. The number of nitrogens with two attached hydrogens (primary N) is 1. The van der Waals surface area contributed by atoms with E-state index in [1.54, 1.807) is 17.4 Å². The van der Waals surface area contributed by atoms with Crippen LogP contribution in [-0.2, 0) is 12.8 Å². The van der Waals surface area contributed by atoms with E-state index < -0.39 is 0 Å². The van der Waals surface area contributed by atoms with Gasteiger partial charge >= 0.3 is 0 Å². The normalized spacial score (nSPS) is 12.7. The van der Waals surface area contributed by atoms with Gasteiger partial charge in [-0.15, -0.1) is 6.58 Å². The molecule has 5 nitrogen and oxygen atoms in total. The van der Waals surface area contributed by atoms with Crippen molar-refractivity contribution in [3.05, 3.63) is 144 Å². The summed E-state index contributed by atoms with van der Waals surface area (Å²) in [4.78, 5) is 4.20. The van der Waals surface area contributed by atoms with Crippen LogP contribution in [0.3, 0.4) is 0 Å². The van der Waals surface area contributed by atoms with Crippen molar-refractivity contribution in [3.8, 4) is 0 Å². The van der Waals surface area contributed by atoms with E-state index in [1.165, 1.54) is 11.1 Å². The number of hydrogen-bond acceptors (Lipinski definition) is 5. The molecule has 202 valence electrons. The van der Waals surface area contributed by atoms with E-state index in [0.717, 1.165) is 46.8 Å². The molecule has 0 amide bonds. The quantitative estimate of drug-likeness (QED) is 0.0960. The third kappa shape index (κ3) is 8.87. The van der Waals surface area contributed by atoms with Crippen LogP contribution in [0.2, 0.25) is 0 Å². The van der Waals surface area contributed by atoms with Crippen molar-refractivity contribution in [3.63, 3.8) is 0 Å². The highest BCUT2D eigenvalue weighted by Gasteiger charge is 2.17. The van der Waals surface area contributed by atoms with Crippen LogP contribution in [0.25, 0.3) is 11.1 Å². The molecular formula is C34H41N5. The third-order valence-electron chi connectivity index (χ3n) is 6.33. The Bertz CT molecular complexity index is 1280. The molecule has 5 heteroatoms. The minimum absolute atomic E-state index is 0.592. The smallest absolute Gasteiger partial charge is 0.125 e. The molecule has 0 saturated heterocycles. The standard InChI is InChI=1S/C34H41N5/c1-5-15-31(30-22-20-27(6-2)21-23-30)33(37-25-14-24-36-7-3)38-34(39(4)35)32(29-18-12-9-13-19-29)26-28-16-10-8-11-17-28/h5,7-14,16-24,37-38H,1,6,15,25-26,35H2,2-4H3/b24-14-,33-31+,34-32+,36-7?. The van der Waals surface area contributed by atoms with Gasteiger partial charge in [-0.25, -0.2) is 5.84 Å². The van der Waals surface area contributed by atoms with Crippen molar-refractivity contribution in [1.29, 1.82) is 0 Å². The van der Waals surface area contributed by atoms with E-state index in [0.29, 0.717) is 13.0 Å². The van der Waals surface area contributed by atoms with Crippen LogP contribution in [0, 0.1) is 0 Å². The number of nitrogens with zero attached hydrogens (tertiary/aromatic N) is 2. The van der Waals surface area contributed by atoms with Gasteiger partial charge < -0.3 is 10.6 Å². The number of hydrazine groups is 1. The van der Waals surface area contributed by atoms with E-state index >= 15 is 0 Å². The van der Waals surface area contributed by atoms with Gasteiger partial charge in [0, 0.05) is 43.6 Å². The summed E-state index contributed by atoms with van der Waals surface area (Å²) >= 11 is 0. The van der Waals surface area contributed by atoms with Crippen LogP contribution in [-0.4, -0.2) is 24.8 Å². The topological polar surface area (TPSA) is 65.7 Å². The first-order valence-corrected chi connectivity index (χ1v) is 13.4. The molecule has 0 heterocycles. The number of rotatable bonds is 14. The second-order valence-electron chi connectivity index (χ2n) is 9.16. The fourth-order valence-electron chi connectivity index (χ4n) is 4.29. The van der Waals surface area contributed by atoms with Crippen molar-refractivity contribution in [2.75, 3.05) is 13.6 Å². The zero-order chi connectivity index (χ0) is 27.9. The largest absolute Gasteiger partial charge is 0.368 e. The summed E-state index contributed by atoms with van der Waals surface area (Å²) in [5, 5.41) is 8.96. The maximum absolute atomic E-state index is 6.53. The van der Waals surface area contributed by atoms with E-state index in [9.17, 15) is 0 Å². The van der Waals surface area contributed by atoms with Gasteiger partial charge in [0.2, 0.25) is 0 Å². The van der Waals surface area contributed by atoms with Gasteiger partial charge in [0.1, 0.15) is 11.6 Å². The lowest BCUT2D eigenvalue weighted by Crippen LogP contribution is -2.38. The average Bonchev–Trinajstić information content (AvgIpc) is 2.97. The van der Waals surface area contributed by atoms with Crippen molar-refractivity contribution >= 4 is 17.4 Å². The summed E-state index contributed by atoms with van der Waals surface area (Å²) in [6, 6.07) is 29.6. The van der Waals surface area contributed by atoms with Crippen LogP contribution in [0.15, 0.2) is 126 Å². The van der Waals surface area contributed by atoms with E-state index in [-0.39, 0.29) is 0 Å². The molecule has 3 aromatic carbocycles. The molecule has 0 aromatic heterocycles. The molecule has 4 N–H and O–H groups in total. The van der Waals surface area contributed by atoms with Crippen molar-refractivity contribution in [2.24, 2.45) is 10.8 Å². The Morgan fingerprint density at radius 3 is 2.13 bits per heavy atom. The van der Waals surface area contributed by atoms with Crippen LogP contribution >= 0.6 is 0 Å². The fourth-order valence-corrected chi connectivity index (χ4v) is 4.29. The molecule has 0 atom stereocenters. The molecule has 0 saturated carbocycles. The molecule has 0 spiro atoms. The van der Waals surface area contributed by atoms with E-state index in [2.05, 4.69) is 102 Å². The monoisotopic (exact) mass is 519 g/mol. The lowest BCUT2D eigenvalue weighted by molar-refractivity contribution is 0.411. The Hall–Kier alpha value is -4.35. The lowest BCUT2D eigenvalue weighted by atomic mass is 9.97. The first-order valence-electron chi connectivity index (χ1n) is 13.4. The molecule has 0 unspecified atom stereocenters. The SMILES string of the molecule is C=CC/C(=C(/NC/C=C\N=CC)N/C(=C(/Cc1ccccc1)c1ccccc1)N(C)N)c1ccc(CC)cc1. The Kier molecular flexibility index (Phi) is 11.8. The summed E-state index contributed by atoms with van der Waals surface area (Å²) in [5.74, 6) is 8.22. The summed E-state index contributed by atoms with van der Waals surface area (Å²) in [7, 11) is 1.87. The zero-order valence-electron chi connectivity index (χ0n) is 23.4. The third-order valence-corrected chi connectivity index (χ3v) is 6.33. The van der Waals surface area contributed by atoms with Crippen molar-refractivity contribution < 1.29 is 0 Å². The summed E-state index contributed by atoms with van der Waals surface area (Å²) in [5.41, 5.74) is 6.94. The highest BCUT2D eigenvalue weighted by atomic mass is 15.4.